The zero-order valence-electron chi connectivity index (χ0n) is 14.6. The highest BCUT2D eigenvalue weighted by molar-refractivity contribution is 6.30. The maximum absolute atomic E-state index is 12.4. The minimum absolute atomic E-state index is 0.0480. The van der Waals surface area contributed by atoms with Crippen molar-refractivity contribution in [3.63, 3.8) is 0 Å². The van der Waals surface area contributed by atoms with E-state index in [1.807, 2.05) is 54.3 Å². The Morgan fingerprint density at radius 3 is 2.40 bits per heavy atom. The molecule has 1 saturated heterocycles. The molecule has 3 rings (SSSR count). The van der Waals surface area contributed by atoms with Gasteiger partial charge in [0.1, 0.15) is 11.9 Å². The Morgan fingerprint density at radius 1 is 1.08 bits per heavy atom. The quantitative estimate of drug-likeness (QED) is 0.835. The molecule has 132 valence electrons. The zero-order valence-corrected chi connectivity index (χ0v) is 15.3. The molecule has 0 aromatic heterocycles. The van der Waals surface area contributed by atoms with Gasteiger partial charge in [-0.2, -0.15) is 0 Å². The number of nitrogens with zero attached hydrogens (tertiary/aromatic N) is 1. The molecular weight excluding hydrogens is 336 g/mol. The van der Waals surface area contributed by atoms with Crippen LogP contribution in [-0.2, 0) is 0 Å². The topological polar surface area (TPSA) is 41.6 Å². The Morgan fingerprint density at radius 2 is 1.76 bits per heavy atom. The van der Waals surface area contributed by atoms with Crippen LogP contribution in [-0.4, -0.2) is 30.1 Å². The van der Waals surface area contributed by atoms with Gasteiger partial charge < -0.3 is 15.0 Å². The highest BCUT2D eigenvalue weighted by Crippen LogP contribution is 2.22. The lowest BCUT2D eigenvalue weighted by molar-refractivity contribution is 0.115. The van der Waals surface area contributed by atoms with Crippen molar-refractivity contribution >= 4 is 23.3 Å². The van der Waals surface area contributed by atoms with Crippen LogP contribution in [0, 0.1) is 13.8 Å². The molecule has 0 aliphatic carbocycles. The number of carbonyl (C=O) groups excluding carboxylic acids is 1. The van der Waals surface area contributed by atoms with E-state index in [1.54, 1.807) is 0 Å². The Bertz CT molecular complexity index is 738. The van der Waals surface area contributed by atoms with Crippen molar-refractivity contribution in [2.24, 2.45) is 0 Å². The van der Waals surface area contributed by atoms with Gasteiger partial charge in [-0.05, 0) is 61.4 Å². The maximum Gasteiger partial charge on any atom is 0.321 e. The van der Waals surface area contributed by atoms with Crippen LogP contribution in [0.15, 0.2) is 42.5 Å². The highest BCUT2D eigenvalue weighted by atomic mass is 35.5. The number of nitrogens with one attached hydrogen (secondary N) is 1. The van der Waals surface area contributed by atoms with Crippen LogP contribution in [0.3, 0.4) is 0 Å². The van der Waals surface area contributed by atoms with Gasteiger partial charge >= 0.3 is 6.03 Å². The molecule has 1 N–H and O–H groups in total. The largest absolute Gasteiger partial charge is 0.490 e. The van der Waals surface area contributed by atoms with Crippen molar-refractivity contribution in [2.75, 3.05) is 18.4 Å². The molecule has 0 spiro atoms. The normalized spacial score (nSPS) is 15.1. The Labute approximate surface area is 153 Å². The number of benzene rings is 2. The van der Waals surface area contributed by atoms with Crippen molar-refractivity contribution in [3.05, 3.63) is 58.6 Å². The number of amides is 2. The molecule has 5 heteroatoms. The van der Waals surface area contributed by atoms with E-state index in [1.165, 1.54) is 11.1 Å². The predicted octanol–water partition coefficient (Wildman–Crippen LogP) is 5.03. The van der Waals surface area contributed by atoms with Crippen molar-refractivity contribution < 1.29 is 9.53 Å². The van der Waals surface area contributed by atoms with Crippen LogP contribution >= 0.6 is 11.6 Å². The lowest BCUT2D eigenvalue weighted by Gasteiger charge is -2.32. The number of hydrogen-bond acceptors (Lipinski definition) is 2. The number of urea groups is 1. The molecule has 1 aliphatic rings. The molecule has 0 bridgehead atoms. The van der Waals surface area contributed by atoms with Crippen molar-refractivity contribution in [1.82, 2.24) is 4.90 Å². The van der Waals surface area contributed by atoms with E-state index in [-0.39, 0.29) is 12.1 Å². The molecule has 2 aromatic rings. The molecule has 1 aliphatic heterocycles. The smallest absolute Gasteiger partial charge is 0.321 e. The molecule has 0 radical (unpaired) electrons. The molecule has 1 heterocycles. The molecule has 0 atom stereocenters. The second kappa shape index (κ2) is 7.79. The minimum atomic E-state index is -0.0480. The summed E-state index contributed by atoms with van der Waals surface area (Å²) in [4.78, 5) is 14.3. The van der Waals surface area contributed by atoms with Crippen LogP contribution in [0.4, 0.5) is 10.5 Å². The third-order valence-corrected chi connectivity index (χ3v) is 4.86. The number of likely N-dealkylation sites (tertiary alicyclic amines) is 1. The first-order valence-electron chi connectivity index (χ1n) is 8.56. The molecule has 1 fully saturated rings. The second-order valence-electron chi connectivity index (χ2n) is 6.49. The van der Waals surface area contributed by atoms with Gasteiger partial charge in [0.15, 0.2) is 0 Å². The number of rotatable bonds is 3. The molecule has 0 unspecified atom stereocenters. The summed E-state index contributed by atoms with van der Waals surface area (Å²) in [5, 5.41) is 3.68. The lowest BCUT2D eigenvalue weighted by atomic mass is 10.1. The van der Waals surface area contributed by atoms with Crippen molar-refractivity contribution in [2.45, 2.75) is 32.8 Å². The van der Waals surface area contributed by atoms with Gasteiger partial charge in [0, 0.05) is 36.6 Å². The summed E-state index contributed by atoms with van der Waals surface area (Å²) in [7, 11) is 0. The third kappa shape index (κ3) is 4.67. The molecule has 25 heavy (non-hydrogen) atoms. The van der Waals surface area contributed by atoms with E-state index < -0.39 is 0 Å². The average molecular weight is 359 g/mol. The predicted molar refractivity (Wildman–Crippen MR) is 102 cm³/mol. The fourth-order valence-corrected chi connectivity index (χ4v) is 3.03. The Balaban J connectivity index is 1.50. The standard InChI is InChI=1S/C20H23ClN2O2/c1-14-3-6-17(13-15(14)2)22-20(24)23-11-9-19(10-12-23)25-18-7-4-16(21)5-8-18/h3-8,13,19H,9-12H2,1-2H3,(H,22,24). The number of carbonyl (C=O) groups is 1. The first-order valence-corrected chi connectivity index (χ1v) is 8.94. The Kier molecular flexibility index (Phi) is 5.49. The monoisotopic (exact) mass is 358 g/mol. The highest BCUT2D eigenvalue weighted by Gasteiger charge is 2.24. The van der Waals surface area contributed by atoms with Crippen LogP contribution in [0.1, 0.15) is 24.0 Å². The van der Waals surface area contributed by atoms with Crippen molar-refractivity contribution in [1.29, 1.82) is 0 Å². The van der Waals surface area contributed by atoms with Crippen LogP contribution in [0.25, 0.3) is 0 Å². The average Bonchev–Trinajstić information content (AvgIpc) is 2.61. The third-order valence-electron chi connectivity index (χ3n) is 4.60. The van der Waals surface area contributed by atoms with Gasteiger partial charge in [0.2, 0.25) is 0 Å². The number of anilines is 1. The summed E-state index contributed by atoms with van der Waals surface area (Å²) >= 11 is 5.89. The SMILES string of the molecule is Cc1ccc(NC(=O)N2CCC(Oc3ccc(Cl)cc3)CC2)cc1C. The zero-order chi connectivity index (χ0) is 17.8. The molecule has 0 saturated carbocycles. The first kappa shape index (κ1) is 17.6. The molecule has 4 nitrogen and oxygen atoms in total. The van der Waals surface area contributed by atoms with Gasteiger partial charge in [-0.1, -0.05) is 17.7 Å². The van der Waals surface area contributed by atoms with Gasteiger partial charge in [0.25, 0.3) is 0 Å². The van der Waals surface area contributed by atoms with E-state index in [0.29, 0.717) is 18.1 Å². The lowest BCUT2D eigenvalue weighted by Crippen LogP contribution is -2.43. The van der Waals surface area contributed by atoms with E-state index >= 15 is 0 Å². The minimum Gasteiger partial charge on any atom is -0.490 e. The van der Waals surface area contributed by atoms with Crippen molar-refractivity contribution in [3.8, 4) is 5.75 Å². The van der Waals surface area contributed by atoms with Gasteiger partial charge in [-0.3, -0.25) is 0 Å². The molecular formula is C20H23ClN2O2. The van der Waals surface area contributed by atoms with Gasteiger partial charge in [-0.15, -0.1) is 0 Å². The maximum atomic E-state index is 12.4. The fraction of sp³-hybridized carbons (Fsp3) is 0.350. The number of hydrogen-bond donors (Lipinski definition) is 1. The summed E-state index contributed by atoms with van der Waals surface area (Å²) in [5.74, 6) is 0.822. The summed E-state index contributed by atoms with van der Waals surface area (Å²) in [5.41, 5.74) is 3.23. The van der Waals surface area contributed by atoms with E-state index in [0.717, 1.165) is 24.3 Å². The first-order chi connectivity index (χ1) is 12.0. The molecule has 2 aromatic carbocycles. The summed E-state index contributed by atoms with van der Waals surface area (Å²) in [6.45, 7) is 5.49. The number of aryl methyl sites for hydroxylation is 2. The second-order valence-corrected chi connectivity index (χ2v) is 6.92. The van der Waals surface area contributed by atoms with E-state index in [4.69, 9.17) is 16.3 Å². The van der Waals surface area contributed by atoms with E-state index in [2.05, 4.69) is 12.2 Å². The van der Waals surface area contributed by atoms with Crippen LogP contribution < -0.4 is 10.1 Å². The van der Waals surface area contributed by atoms with E-state index in [9.17, 15) is 4.79 Å². The van der Waals surface area contributed by atoms with Crippen LogP contribution in [0.5, 0.6) is 5.75 Å². The fourth-order valence-electron chi connectivity index (χ4n) is 2.90. The summed E-state index contributed by atoms with van der Waals surface area (Å²) < 4.78 is 5.97. The number of piperidine rings is 1. The van der Waals surface area contributed by atoms with Gasteiger partial charge in [0.05, 0.1) is 0 Å². The Hall–Kier alpha value is -2.20. The summed E-state index contributed by atoms with van der Waals surface area (Å²) in [6, 6.07) is 13.3. The van der Waals surface area contributed by atoms with Gasteiger partial charge in [-0.25, -0.2) is 4.79 Å². The summed E-state index contributed by atoms with van der Waals surface area (Å²) in [6.07, 6.45) is 1.78. The molecule has 2 amide bonds. The van der Waals surface area contributed by atoms with Crippen LogP contribution in [0.2, 0.25) is 5.02 Å². The number of halogens is 1. The number of ether oxygens (including phenoxy) is 1.